The monoisotopic (exact) mass is 607 g/mol. The highest BCUT2D eigenvalue weighted by Crippen LogP contribution is 2.36. The van der Waals surface area contributed by atoms with Crippen LogP contribution in [0, 0.1) is 25.5 Å². The van der Waals surface area contributed by atoms with Crippen LogP contribution in [0.3, 0.4) is 0 Å². The van der Waals surface area contributed by atoms with E-state index in [1.54, 1.807) is 29.9 Å². The van der Waals surface area contributed by atoms with Gasteiger partial charge < -0.3 is 14.8 Å². The lowest BCUT2D eigenvalue weighted by atomic mass is 10.1. The Hall–Kier alpha value is -5.84. The third-order valence-corrected chi connectivity index (χ3v) is 7.00. The third kappa shape index (κ3) is 5.87. The van der Waals surface area contributed by atoms with E-state index in [4.69, 9.17) is 9.47 Å². The summed E-state index contributed by atoms with van der Waals surface area (Å²) in [6.45, 7) is 5.74. The molecule has 0 saturated carbocycles. The van der Waals surface area contributed by atoms with Gasteiger partial charge in [-0.05, 0) is 87.0 Å². The Balaban J connectivity index is 1.29. The minimum atomic E-state index is -0.801. The lowest BCUT2D eigenvalue weighted by molar-refractivity contribution is 0.102. The van der Waals surface area contributed by atoms with Crippen molar-refractivity contribution in [1.82, 2.24) is 19.2 Å². The summed E-state index contributed by atoms with van der Waals surface area (Å²) in [6.07, 6.45) is 4.78. The molecule has 0 saturated heterocycles. The number of halogens is 2. The standard InChI is InChI=1S/C34H27F2N5O4/c1-4-44-29-13-15-40(25-8-5-23(35)6-9-25)34(43)31(29)33(42)39-24-7-10-28(27(36)19-24)45-30-11-14-37-41-16-12-26(32(30)41)22-17-20(2)38-21(3)18-22/h5-19H,4H2,1-3H3,(H,39,42). The van der Waals surface area contributed by atoms with Crippen LogP contribution in [0.15, 0.2) is 96.2 Å². The number of anilines is 1. The molecule has 9 nitrogen and oxygen atoms in total. The molecule has 226 valence electrons. The molecule has 1 amide bonds. The molecule has 6 aromatic rings. The number of carbonyl (C=O) groups is 1. The van der Waals surface area contributed by atoms with Gasteiger partial charge >= 0.3 is 0 Å². The van der Waals surface area contributed by atoms with E-state index in [1.807, 2.05) is 32.0 Å². The highest BCUT2D eigenvalue weighted by molar-refractivity contribution is 6.06. The zero-order valence-corrected chi connectivity index (χ0v) is 24.5. The van der Waals surface area contributed by atoms with Crippen molar-refractivity contribution in [3.63, 3.8) is 0 Å². The molecule has 4 aromatic heterocycles. The first-order chi connectivity index (χ1) is 21.7. The van der Waals surface area contributed by atoms with Gasteiger partial charge in [-0.25, -0.2) is 13.3 Å². The summed E-state index contributed by atoms with van der Waals surface area (Å²) >= 11 is 0. The van der Waals surface area contributed by atoms with Crippen molar-refractivity contribution >= 4 is 17.1 Å². The maximum atomic E-state index is 15.4. The minimum absolute atomic E-state index is 0.0584. The van der Waals surface area contributed by atoms with Crippen molar-refractivity contribution in [2.24, 2.45) is 0 Å². The number of fused-ring (bicyclic) bond motifs is 1. The van der Waals surface area contributed by atoms with Crippen LogP contribution in [0.2, 0.25) is 0 Å². The first-order valence-electron chi connectivity index (χ1n) is 14.1. The van der Waals surface area contributed by atoms with Crippen LogP contribution >= 0.6 is 0 Å². The quantitative estimate of drug-likeness (QED) is 0.202. The molecule has 11 heteroatoms. The van der Waals surface area contributed by atoms with Crippen molar-refractivity contribution in [3.8, 4) is 34.1 Å². The fraction of sp³-hybridized carbons (Fsp3) is 0.118. The van der Waals surface area contributed by atoms with E-state index in [9.17, 15) is 14.0 Å². The molecule has 6 rings (SSSR count). The molecule has 0 spiro atoms. The van der Waals surface area contributed by atoms with Gasteiger partial charge in [0.2, 0.25) is 0 Å². The second kappa shape index (κ2) is 12.0. The van der Waals surface area contributed by atoms with Gasteiger partial charge in [-0.2, -0.15) is 5.10 Å². The number of ether oxygens (including phenoxy) is 2. The third-order valence-electron chi connectivity index (χ3n) is 7.00. The largest absolute Gasteiger partial charge is 0.493 e. The lowest BCUT2D eigenvalue weighted by Crippen LogP contribution is -2.29. The number of hydrogen-bond donors (Lipinski definition) is 1. The van der Waals surface area contributed by atoms with Crippen LogP contribution in [-0.2, 0) is 0 Å². The number of pyridine rings is 2. The van der Waals surface area contributed by atoms with Crippen LogP contribution in [0.1, 0.15) is 28.7 Å². The topological polar surface area (TPSA) is 99.8 Å². The van der Waals surface area contributed by atoms with Gasteiger partial charge in [0.1, 0.15) is 22.6 Å². The molecule has 2 aromatic carbocycles. The maximum Gasteiger partial charge on any atom is 0.271 e. The normalized spacial score (nSPS) is 11.0. The predicted octanol–water partition coefficient (Wildman–Crippen LogP) is 6.89. The van der Waals surface area contributed by atoms with Crippen LogP contribution in [0.25, 0.3) is 22.3 Å². The van der Waals surface area contributed by atoms with Crippen LogP contribution in [0.4, 0.5) is 14.5 Å². The maximum absolute atomic E-state index is 15.4. The van der Waals surface area contributed by atoms with Crippen molar-refractivity contribution in [2.75, 3.05) is 11.9 Å². The van der Waals surface area contributed by atoms with Gasteiger partial charge in [0, 0.05) is 52.9 Å². The fourth-order valence-electron chi connectivity index (χ4n) is 5.10. The number of aryl methyl sites for hydroxylation is 2. The molecular formula is C34H27F2N5O4. The second-order valence-electron chi connectivity index (χ2n) is 10.2. The van der Waals surface area contributed by atoms with Gasteiger partial charge in [-0.3, -0.25) is 19.1 Å². The van der Waals surface area contributed by atoms with Gasteiger partial charge in [0.05, 0.1) is 12.8 Å². The van der Waals surface area contributed by atoms with E-state index in [1.165, 1.54) is 53.2 Å². The number of amides is 1. The zero-order chi connectivity index (χ0) is 31.7. The summed E-state index contributed by atoms with van der Waals surface area (Å²) < 4.78 is 43.3. The number of nitrogens with one attached hydrogen (secondary N) is 1. The number of nitrogens with zero attached hydrogens (tertiary/aromatic N) is 4. The van der Waals surface area contributed by atoms with Crippen molar-refractivity contribution < 1.29 is 23.0 Å². The van der Waals surface area contributed by atoms with E-state index in [-0.39, 0.29) is 29.4 Å². The first-order valence-corrected chi connectivity index (χ1v) is 14.1. The average Bonchev–Trinajstić information content (AvgIpc) is 3.44. The molecule has 4 heterocycles. The number of aromatic nitrogens is 4. The second-order valence-corrected chi connectivity index (χ2v) is 10.2. The van der Waals surface area contributed by atoms with Crippen molar-refractivity contribution in [3.05, 3.63) is 130 Å². The molecule has 0 fully saturated rings. The first kappa shape index (κ1) is 29.2. The molecule has 0 unspecified atom stereocenters. The fourth-order valence-corrected chi connectivity index (χ4v) is 5.10. The van der Waals surface area contributed by atoms with Gasteiger partial charge in [-0.1, -0.05) is 0 Å². The molecule has 0 aliphatic rings. The molecule has 0 aliphatic carbocycles. The van der Waals surface area contributed by atoms with E-state index >= 15 is 4.39 Å². The smallest absolute Gasteiger partial charge is 0.271 e. The van der Waals surface area contributed by atoms with Gasteiger partial charge in [0.15, 0.2) is 17.3 Å². The average molecular weight is 608 g/mol. The Morgan fingerprint density at radius 3 is 2.36 bits per heavy atom. The number of benzene rings is 2. The predicted molar refractivity (Wildman–Crippen MR) is 165 cm³/mol. The van der Waals surface area contributed by atoms with E-state index in [2.05, 4.69) is 15.4 Å². The number of rotatable bonds is 8. The summed E-state index contributed by atoms with van der Waals surface area (Å²) in [5, 5.41) is 6.93. The Labute approximate surface area is 256 Å². The highest BCUT2D eigenvalue weighted by atomic mass is 19.1. The van der Waals surface area contributed by atoms with Crippen LogP contribution < -0.4 is 20.3 Å². The Bertz CT molecular complexity index is 2100. The van der Waals surface area contributed by atoms with E-state index in [0.29, 0.717) is 17.0 Å². The van der Waals surface area contributed by atoms with E-state index < -0.39 is 23.1 Å². The van der Waals surface area contributed by atoms with Gasteiger partial charge in [-0.15, -0.1) is 0 Å². The summed E-state index contributed by atoms with van der Waals surface area (Å²) in [7, 11) is 0. The molecule has 0 atom stereocenters. The summed E-state index contributed by atoms with van der Waals surface area (Å²) in [6, 6.07) is 18.1. The summed E-state index contributed by atoms with van der Waals surface area (Å²) in [5.74, 6) is -1.66. The molecule has 0 aliphatic heterocycles. The van der Waals surface area contributed by atoms with Crippen LogP contribution in [-0.4, -0.2) is 31.7 Å². The molecular weight excluding hydrogens is 580 g/mol. The highest BCUT2D eigenvalue weighted by Gasteiger charge is 2.21. The molecule has 45 heavy (non-hydrogen) atoms. The SMILES string of the molecule is CCOc1ccn(-c2ccc(F)cc2)c(=O)c1C(=O)Nc1ccc(Oc2ccnn3ccc(-c4cc(C)nc(C)c4)c23)c(F)c1. The number of hydrogen-bond acceptors (Lipinski definition) is 6. The minimum Gasteiger partial charge on any atom is -0.493 e. The summed E-state index contributed by atoms with van der Waals surface area (Å²) in [5.41, 5.74) is 3.60. The van der Waals surface area contributed by atoms with Crippen molar-refractivity contribution in [2.45, 2.75) is 20.8 Å². The summed E-state index contributed by atoms with van der Waals surface area (Å²) in [4.78, 5) is 31.2. The van der Waals surface area contributed by atoms with Gasteiger partial charge in [0.25, 0.3) is 11.5 Å². The lowest BCUT2D eigenvalue weighted by Gasteiger charge is -2.14. The Morgan fingerprint density at radius 1 is 0.889 bits per heavy atom. The number of carbonyl (C=O) groups excluding carboxylic acids is 1. The molecule has 0 radical (unpaired) electrons. The van der Waals surface area contributed by atoms with Crippen LogP contribution in [0.5, 0.6) is 17.2 Å². The Kier molecular flexibility index (Phi) is 7.82. The molecule has 1 N–H and O–H groups in total. The molecule has 0 bridgehead atoms. The van der Waals surface area contributed by atoms with E-state index in [0.717, 1.165) is 28.6 Å². The Morgan fingerprint density at radius 2 is 1.64 bits per heavy atom. The van der Waals surface area contributed by atoms with Crippen molar-refractivity contribution in [1.29, 1.82) is 0 Å². The zero-order valence-electron chi connectivity index (χ0n) is 24.5.